The number of pyridine rings is 1. The largest absolute Gasteiger partial charge is 0.389 e. The molecule has 1 aromatic carbocycles. The normalized spacial score (nSPS) is 20.1. The summed E-state index contributed by atoms with van der Waals surface area (Å²) in [6.07, 6.45) is 4.29. The minimum atomic E-state index is -0.587. The Morgan fingerprint density at radius 3 is 2.58 bits per heavy atom. The molecule has 5 heteroatoms. The van der Waals surface area contributed by atoms with Crippen molar-refractivity contribution < 1.29 is 5.11 Å². The number of aliphatic hydroxyl groups is 1. The van der Waals surface area contributed by atoms with Crippen molar-refractivity contribution >= 4 is 16.6 Å². The highest BCUT2D eigenvalue weighted by atomic mass is 16.3. The van der Waals surface area contributed by atoms with Crippen molar-refractivity contribution in [3.05, 3.63) is 39.7 Å². The van der Waals surface area contributed by atoms with Gasteiger partial charge in [-0.25, -0.2) is 0 Å². The first kappa shape index (κ1) is 15.2. The lowest BCUT2D eigenvalue weighted by Gasteiger charge is -2.34. The molecular formula is C19H21N3O2. The number of aliphatic hydroxyl groups excluding tert-OH is 1. The first-order chi connectivity index (χ1) is 11.5. The SMILES string of the molecule is C[C@H](O)c1ccc2[nH]c(=O)c(C#N)c(N3CCC4(CC3)CC4)c2c1. The second kappa shape index (κ2) is 5.35. The summed E-state index contributed by atoms with van der Waals surface area (Å²) in [5, 5.41) is 20.3. The van der Waals surface area contributed by atoms with Gasteiger partial charge in [-0.2, -0.15) is 5.26 Å². The number of piperidine rings is 1. The lowest BCUT2D eigenvalue weighted by molar-refractivity contribution is 0.199. The van der Waals surface area contributed by atoms with Gasteiger partial charge in [-0.3, -0.25) is 4.79 Å². The summed E-state index contributed by atoms with van der Waals surface area (Å²) in [5.74, 6) is 0. The van der Waals surface area contributed by atoms with Crippen molar-refractivity contribution in [3.63, 3.8) is 0 Å². The van der Waals surface area contributed by atoms with Crippen molar-refractivity contribution in [2.24, 2.45) is 5.41 Å². The van der Waals surface area contributed by atoms with E-state index in [-0.39, 0.29) is 11.1 Å². The van der Waals surface area contributed by atoms with Crippen LogP contribution in [0.3, 0.4) is 0 Å². The van der Waals surface area contributed by atoms with E-state index < -0.39 is 6.10 Å². The van der Waals surface area contributed by atoms with Crippen LogP contribution in [0.4, 0.5) is 5.69 Å². The molecule has 1 atom stereocenters. The van der Waals surface area contributed by atoms with Crippen molar-refractivity contribution in [3.8, 4) is 6.07 Å². The number of hydrogen-bond donors (Lipinski definition) is 2. The molecule has 0 unspecified atom stereocenters. The molecule has 0 bridgehead atoms. The van der Waals surface area contributed by atoms with Gasteiger partial charge in [-0.05, 0) is 55.7 Å². The van der Waals surface area contributed by atoms with Gasteiger partial charge in [0, 0.05) is 18.5 Å². The molecule has 0 radical (unpaired) electrons. The maximum Gasteiger partial charge on any atom is 0.268 e. The summed E-state index contributed by atoms with van der Waals surface area (Å²) in [7, 11) is 0. The predicted molar refractivity (Wildman–Crippen MR) is 93.0 cm³/mol. The second-order valence-electron chi connectivity index (χ2n) is 7.26. The average molecular weight is 323 g/mol. The Bertz CT molecular complexity index is 893. The average Bonchev–Trinajstić information content (AvgIpc) is 3.33. The Hall–Kier alpha value is -2.32. The van der Waals surface area contributed by atoms with Crippen LogP contribution >= 0.6 is 0 Å². The van der Waals surface area contributed by atoms with Crippen LogP contribution in [-0.2, 0) is 0 Å². The zero-order chi connectivity index (χ0) is 16.9. The van der Waals surface area contributed by atoms with Crippen LogP contribution in [-0.4, -0.2) is 23.2 Å². The van der Waals surface area contributed by atoms with Crippen LogP contribution in [0.1, 0.15) is 49.8 Å². The lowest BCUT2D eigenvalue weighted by Crippen LogP contribution is -2.36. The molecule has 5 nitrogen and oxygen atoms in total. The van der Waals surface area contributed by atoms with Gasteiger partial charge < -0.3 is 15.0 Å². The second-order valence-corrected chi connectivity index (χ2v) is 7.26. The molecule has 4 rings (SSSR count). The first-order valence-corrected chi connectivity index (χ1v) is 8.56. The molecule has 1 aromatic heterocycles. The van der Waals surface area contributed by atoms with E-state index >= 15 is 0 Å². The minimum Gasteiger partial charge on any atom is -0.389 e. The van der Waals surface area contributed by atoms with Gasteiger partial charge >= 0.3 is 0 Å². The topological polar surface area (TPSA) is 80.1 Å². The number of anilines is 1. The first-order valence-electron chi connectivity index (χ1n) is 8.56. The summed E-state index contributed by atoms with van der Waals surface area (Å²) in [6, 6.07) is 7.62. The standard InChI is InChI=1S/C19H21N3O2/c1-12(23)13-2-3-16-14(10-13)17(15(11-20)18(24)21-16)22-8-6-19(4-5-19)7-9-22/h2-3,10,12,23H,4-9H2,1H3,(H,21,24)/t12-/m0/s1. The Balaban J connectivity index is 1.88. The van der Waals surface area contributed by atoms with Crippen LogP contribution in [0.25, 0.3) is 10.9 Å². The zero-order valence-electron chi connectivity index (χ0n) is 13.8. The number of nitriles is 1. The summed E-state index contributed by atoms with van der Waals surface area (Å²) in [4.78, 5) is 17.3. The van der Waals surface area contributed by atoms with E-state index in [1.165, 1.54) is 12.8 Å². The fraction of sp³-hybridized carbons (Fsp3) is 0.474. The number of hydrogen-bond acceptors (Lipinski definition) is 4. The van der Waals surface area contributed by atoms with Gasteiger partial charge in [0.1, 0.15) is 11.6 Å². The quantitative estimate of drug-likeness (QED) is 0.890. The molecule has 1 saturated heterocycles. The molecule has 1 saturated carbocycles. The molecule has 1 spiro atoms. The minimum absolute atomic E-state index is 0.178. The fourth-order valence-corrected chi connectivity index (χ4v) is 3.87. The molecule has 2 aromatic rings. The summed E-state index contributed by atoms with van der Waals surface area (Å²) >= 11 is 0. The van der Waals surface area contributed by atoms with E-state index in [1.807, 2.05) is 18.2 Å². The van der Waals surface area contributed by atoms with Crippen LogP contribution < -0.4 is 10.5 Å². The van der Waals surface area contributed by atoms with Crippen molar-refractivity contribution in [1.29, 1.82) is 5.26 Å². The van der Waals surface area contributed by atoms with Gasteiger partial charge in [0.2, 0.25) is 0 Å². The fourth-order valence-electron chi connectivity index (χ4n) is 3.87. The molecule has 124 valence electrons. The monoisotopic (exact) mass is 323 g/mol. The third-order valence-corrected chi connectivity index (χ3v) is 5.70. The van der Waals surface area contributed by atoms with Gasteiger partial charge in [0.15, 0.2) is 0 Å². The number of aromatic nitrogens is 1. The smallest absolute Gasteiger partial charge is 0.268 e. The Morgan fingerprint density at radius 2 is 2.00 bits per heavy atom. The molecule has 1 aliphatic carbocycles. The highest BCUT2D eigenvalue weighted by Crippen LogP contribution is 2.54. The lowest BCUT2D eigenvalue weighted by atomic mass is 9.92. The molecule has 2 heterocycles. The highest BCUT2D eigenvalue weighted by molar-refractivity contribution is 5.95. The maximum atomic E-state index is 12.3. The maximum absolute atomic E-state index is 12.3. The predicted octanol–water partition coefficient (Wildman–Crippen LogP) is 2.83. The molecular weight excluding hydrogens is 302 g/mol. The van der Waals surface area contributed by atoms with Crippen LogP contribution in [0.15, 0.2) is 23.0 Å². The van der Waals surface area contributed by atoms with Gasteiger partial charge in [-0.15, -0.1) is 0 Å². The van der Waals surface area contributed by atoms with Crippen molar-refractivity contribution in [1.82, 2.24) is 4.98 Å². The number of aromatic amines is 1. The number of nitrogens with one attached hydrogen (secondary N) is 1. The number of fused-ring (bicyclic) bond motifs is 1. The van der Waals surface area contributed by atoms with E-state index in [0.717, 1.165) is 42.6 Å². The molecule has 24 heavy (non-hydrogen) atoms. The van der Waals surface area contributed by atoms with Crippen molar-refractivity contribution in [2.75, 3.05) is 18.0 Å². The van der Waals surface area contributed by atoms with E-state index in [1.54, 1.807) is 6.92 Å². The molecule has 0 amide bonds. The third-order valence-electron chi connectivity index (χ3n) is 5.70. The van der Waals surface area contributed by atoms with Crippen LogP contribution in [0.2, 0.25) is 0 Å². The Labute approximate surface area is 140 Å². The zero-order valence-corrected chi connectivity index (χ0v) is 13.8. The van der Waals surface area contributed by atoms with Gasteiger partial charge in [0.25, 0.3) is 5.56 Å². The number of nitrogens with zero attached hydrogens (tertiary/aromatic N) is 2. The van der Waals surface area contributed by atoms with Crippen LogP contribution in [0.5, 0.6) is 0 Å². The molecule has 1 aliphatic heterocycles. The summed E-state index contributed by atoms with van der Waals surface area (Å²) in [5.41, 5.74) is 2.61. The third kappa shape index (κ3) is 2.38. The summed E-state index contributed by atoms with van der Waals surface area (Å²) < 4.78 is 0. The molecule has 2 aliphatic rings. The molecule has 2 N–H and O–H groups in total. The van der Waals surface area contributed by atoms with E-state index in [9.17, 15) is 15.2 Å². The van der Waals surface area contributed by atoms with Crippen LogP contribution in [0, 0.1) is 16.7 Å². The van der Waals surface area contributed by atoms with E-state index in [4.69, 9.17) is 0 Å². The number of H-pyrrole nitrogens is 1. The van der Waals surface area contributed by atoms with Gasteiger partial charge in [-0.1, -0.05) is 6.07 Å². The Morgan fingerprint density at radius 1 is 1.29 bits per heavy atom. The van der Waals surface area contributed by atoms with E-state index in [0.29, 0.717) is 10.9 Å². The highest BCUT2D eigenvalue weighted by Gasteiger charge is 2.44. The molecule has 2 fully saturated rings. The summed E-state index contributed by atoms with van der Waals surface area (Å²) in [6.45, 7) is 3.48. The van der Waals surface area contributed by atoms with E-state index in [2.05, 4.69) is 16.0 Å². The van der Waals surface area contributed by atoms with Gasteiger partial charge in [0.05, 0.1) is 17.3 Å². The van der Waals surface area contributed by atoms with Crippen molar-refractivity contribution in [2.45, 2.75) is 38.7 Å². The Kier molecular flexibility index (Phi) is 3.40. The number of benzene rings is 1. The number of rotatable bonds is 2.